The molecule has 1 aliphatic carbocycles. The van der Waals surface area contributed by atoms with Gasteiger partial charge in [0.25, 0.3) is 0 Å². The summed E-state index contributed by atoms with van der Waals surface area (Å²) >= 11 is 0. The Morgan fingerprint density at radius 2 is 2.25 bits per heavy atom. The van der Waals surface area contributed by atoms with Crippen LogP contribution in [0.1, 0.15) is 24.8 Å². The van der Waals surface area contributed by atoms with Gasteiger partial charge < -0.3 is 4.98 Å². The molecule has 2 rings (SSSR count). The first-order valence-electron chi connectivity index (χ1n) is 4.52. The van der Waals surface area contributed by atoms with Gasteiger partial charge in [-0.3, -0.25) is 4.79 Å². The molecule has 0 radical (unpaired) electrons. The van der Waals surface area contributed by atoms with E-state index < -0.39 is 0 Å². The highest BCUT2D eigenvalue weighted by molar-refractivity contribution is 5.09. The van der Waals surface area contributed by atoms with Crippen LogP contribution < -0.4 is 5.56 Å². The molecule has 0 aliphatic heterocycles. The van der Waals surface area contributed by atoms with Gasteiger partial charge in [0.1, 0.15) is 0 Å². The highest BCUT2D eigenvalue weighted by Gasteiger charge is 2.17. The third-order valence-electron chi connectivity index (χ3n) is 2.60. The van der Waals surface area contributed by atoms with Crippen LogP contribution in [-0.4, -0.2) is 4.98 Å². The number of rotatable bonds is 2. The second-order valence-electron chi connectivity index (χ2n) is 3.56. The lowest BCUT2D eigenvalue weighted by Gasteiger charge is -2.24. The SMILES string of the molecule is O=c1ccc(CC2CCC2)c[nH]1. The second-order valence-corrected chi connectivity index (χ2v) is 3.56. The van der Waals surface area contributed by atoms with E-state index in [1.54, 1.807) is 6.07 Å². The molecule has 64 valence electrons. The number of hydrogen-bond donors (Lipinski definition) is 1. The van der Waals surface area contributed by atoms with Crippen LogP contribution in [-0.2, 0) is 6.42 Å². The van der Waals surface area contributed by atoms with E-state index in [1.807, 2.05) is 12.3 Å². The standard InChI is InChI=1S/C10H13NO/c12-10-5-4-9(7-11-10)6-8-2-1-3-8/h4-5,7-8H,1-3,6H2,(H,11,12). The molecule has 1 aromatic rings. The van der Waals surface area contributed by atoms with E-state index in [2.05, 4.69) is 4.98 Å². The molecule has 0 bridgehead atoms. The van der Waals surface area contributed by atoms with Crippen molar-refractivity contribution in [2.75, 3.05) is 0 Å². The molecule has 0 amide bonds. The molecule has 0 atom stereocenters. The van der Waals surface area contributed by atoms with Gasteiger partial charge in [-0.1, -0.05) is 25.3 Å². The molecule has 1 heterocycles. The summed E-state index contributed by atoms with van der Waals surface area (Å²) in [4.78, 5) is 13.4. The monoisotopic (exact) mass is 163 g/mol. The Balaban J connectivity index is 2.03. The minimum atomic E-state index is -0.00707. The van der Waals surface area contributed by atoms with Gasteiger partial charge in [0.15, 0.2) is 0 Å². The van der Waals surface area contributed by atoms with E-state index in [0.717, 1.165) is 12.3 Å². The van der Waals surface area contributed by atoms with Crippen molar-refractivity contribution in [1.29, 1.82) is 0 Å². The lowest BCUT2D eigenvalue weighted by atomic mass is 9.81. The molecular weight excluding hydrogens is 150 g/mol. The summed E-state index contributed by atoms with van der Waals surface area (Å²) in [6.07, 6.45) is 7.07. The zero-order valence-corrected chi connectivity index (χ0v) is 7.05. The molecule has 0 saturated heterocycles. The van der Waals surface area contributed by atoms with Crippen LogP contribution in [0.2, 0.25) is 0 Å². The van der Waals surface area contributed by atoms with Gasteiger partial charge in [-0.25, -0.2) is 0 Å². The molecule has 2 heteroatoms. The Morgan fingerprint density at radius 1 is 1.42 bits per heavy atom. The molecule has 0 unspecified atom stereocenters. The van der Waals surface area contributed by atoms with Crippen molar-refractivity contribution in [1.82, 2.24) is 4.98 Å². The van der Waals surface area contributed by atoms with Crippen molar-refractivity contribution < 1.29 is 0 Å². The Labute approximate surface area is 71.6 Å². The van der Waals surface area contributed by atoms with E-state index in [9.17, 15) is 4.79 Å². The summed E-state index contributed by atoms with van der Waals surface area (Å²) in [5.74, 6) is 0.871. The molecule has 2 nitrogen and oxygen atoms in total. The van der Waals surface area contributed by atoms with Gasteiger partial charge in [-0.05, 0) is 17.9 Å². The number of pyridine rings is 1. The van der Waals surface area contributed by atoms with Crippen molar-refractivity contribution in [3.63, 3.8) is 0 Å². The average molecular weight is 163 g/mol. The predicted molar refractivity (Wildman–Crippen MR) is 48.1 cm³/mol. The molecular formula is C10H13NO. The quantitative estimate of drug-likeness (QED) is 0.707. The Hall–Kier alpha value is -1.05. The molecule has 1 aromatic heterocycles. The van der Waals surface area contributed by atoms with Gasteiger partial charge in [0.05, 0.1) is 0 Å². The van der Waals surface area contributed by atoms with Crippen LogP contribution in [0.25, 0.3) is 0 Å². The molecule has 1 aliphatic rings. The largest absolute Gasteiger partial charge is 0.329 e. The van der Waals surface area contributed by atoms with Crippen molar-refractivity contribution in [2.45, 2.75) is 25.7 Å². The minimum Gasteiger partial charge on any atom is -0.329 e. The number of aromatic amines is 1. The predicted octanol–water partition coefficient (Wildman–Crippen LogP) is 1.72. The first-order valence-corrected chi connectivity index (χ1v) is 4.52. The van der Waals surface area contributed by atoms with Gasteiger partial charge in [-0.2, -0.15) is 0 Å². The van der Waals surface area contributed by atoms with E-state index in [4.69, 9.17) is 0 Å². The number of aromatic nitrogens is 1. The lowest BCUT2D eigenvalue weighted by Crippen LogP contribution is -2.14. The maximum atomic E-state index is 10.7. The molecule has 0 spiro atoms. The van der Waals surface area contributed by atoms with Crippen molar-refractivity contribution >= 4 is 0 Å². The zero-order valence-electron chi connectivity index (χ0n) is 7.05. The summed E-state index contributed by atoms with van der Waals surface area (Å²) in [6.45, 7) is 0. The van der Waals surface area contributed by atoms with E-state index in [0.29, 0.717) is 0 Å². The van der Waals surface area contributed by atoms with Crippen molar-refractivity contribution in [3.8, 4) is 0 Å². The fourth-order valence-electron chi connectivity index (χ4n) is 1.60. The maximum absolute atomic E-state index is 10.7. The van der Waals surface area contributed by atoms with Crippen LogP contribution in [0.4, 0.5) is 0 Å². The second kappa shape index (κ2) is 3.13. The highest BCUT2D eigenvalue weighted by atomic mass is 16.1. The maximum Gasteiger partial charge on any atom is 0.247 e. The first kappa shape index (κ1) is 7.59. The number of nitrogens with one attached hydrogen (secondary N) is 1. The number of hydrogen-bond acceptors (Lipinski definition) is 1. The molecule has 12 heavy (non-hydrogen) atoms. The minimum absolute atomic E-state index is 0.00707. The molecule has 0 aromatic carbocycles. The van der Waals surface area contributed by atoms with E-state index in [1.165, 1.54) is 24.8 Å². The zero-order chi connectivity index (χ0) is 8.39. The van der Waals surface area contributed by atoms with Crippen LogP contribution in [0.3, 0.4) is 0 Å². The van der Waals surface area contributed by atoms with Crippen molar-refractivity contribution in [3.05, 3.63) is 34.2 Å². The van der Waals surface area contributed by atoms with Crippen LogP contribution >= 0.6 is 0 Å². The third-order valence-corrected chi connectivity index (χ3v) is 2.60. The smallest absolute Gasteiger partial charge is 0.247 e. The molecule has 1 N–H and O–H groups in total. The van der Waals surface area contributed by atoms with Crippen LogP contribution in [0.5, 0.6) is 0 Å². The topological polar surface area (TPSA) is 32.9 Å². The Morgan fingerprint density at radius 3 is 2.75 bits per heavy atom. The number of H-pyrrole nitrogens is 1. The lowest BCUT2D eigenvalue weighted by molar-refractivity contribution is 0.314. The average Bonchev–Trinajstić information content (AvgIpc) is 2.00. The van der Waals surface area contributed by atoms with Gasteiger partial charge in [0.2, 0.25) is 5.56 Å². The molecule has 1 saturated carbocycles. The fourth-order valence-corrected chi connectivity index (χ4v) is 1.60. The highest BCUT2D eigenvalue weighted by Crippen LogP contribution is 2.29. The molecule has 1 fully saturated rings. The normalized spacial score (nSPS) is 17.3. The summed E-state index contributed by atoms with van der Waals surface area (Å²) < 4.78 is 0. The first-order chi connectivity index (χ1) is 5.84. The summed E-state index contributed by atoms with van der Waals surface area (Å²) in [5, 5.41) is 0. The van der Waals surface area contributed by atoms with E-state index >= 15 is 0 Å². The van der Waals surface area contributed by atoms with E-state index in [-0.39, 0.29) is 5.56 Å². The Bertz CT molecular complexity index is 291. The summed E-state index contributed by atoms with van der Waals surface area (Å²) in [6, 6.07) is 3.53. The summed E-state index contributed by atoms with van der Waals surface area (Å²) in [7, 11) is 0. The van der Waals surface area contributed by atoms with Crippen molar-refractivity contribution in [2.24, 2.45) is 5.92 Å². The van der Waals surface area contributed by atoms with Gasteiger partial charge in [0, 0.05) is 12.3 Å². The summed E-state index contributed by atoms with van der Waals surface area (Å²) in [5.41, 5.74) is 1.26. The third kappa shape index (κ3) is 1.58. The van der Waals surface area contributed by atoms with Crippen LogP contribution in [0, 0.1) is 5.92 Å². The fraction of sp³-hybridized carbons (Fsp3) is 0.500. The van der Waals surface area contributed by atoms with Crippen LogP contribution in [0.15, 0.2) is 23.1 Å². The van der Waals surface area contributed by atoms with Gasteiger partial charge >= 0.3 is 0 Å². The van der Waals surface area contributed by atoms with Gasteiger partial charge in [-0.15, -0.1) is 0 Å². The Kier molecular flexibility index (Phi) is 1.98.